The first-order chi connectivity index (χ1) is 12.0. The lowest BCUT2D eigenvalue weighted by molar-refractivity contribution is 0.191. The highest BCUT2D eigenvalue weighted by Crippen LogP contribution is 2.20. The molecule has 25 heavy (non-hydrogen) atoms. The van der Waals surface area contributed by atoms with Crippen LogP contribution in [0.15, 0.2) is 48.5 Å². The molecule has 0 aliphatic carbocycles. The highest BCUT2D eigenvalue weighted by Gasteiger charge is 2.22. The minimum atomic E-state index is -0.144. The average molecular weight is 339 g/mol. The van der Waals surface area contributed by atoms with Crippen LogP contribution >= 0.6 is 0 Å². The number of carbonyl (C=O) groups excluding carboxylic acids is 1. The second-order valence-corrected chi connectivity index (χ2v) is 6.58. The first kappa shape index (κ1) is 17.1. The maximum atomic E-state index is 12.5. The molecule has 5 heteroatoms. The Hall–Kier alpha value is -2.69. The van der Waals surface area contributed by atoms with Crippen molar-refractivity contribution in [1.82, 2.24) is 10.2 Å². The zero-order valence-corrected chi connectivity index (χ0v) is 14.8. The maximum absolute atomic E-state index is 12.5. The summed E-state index contributed by atoms with van der Waals surface area (Å²) in [7, 11) is 0. The molecule has 5 nitrogen and oxygen atoms in total. The number of urea groups is 1. The molecule has 0 unspecified atom stereocenters. The highest BCUT2D eigenvalue weighted by atomic mass is 16.3. The molecule has 1 atom stereocenters. The number of amides is 2. The first-order valence-corrected chi connectivity index (χ1v) is 8.69. The lowest BCUT2D eigenvalue weighted by Gasteiger charge is -2.36. The fraction of sp³-hybridized carbons (Fsp3) is 0.350. The van der Waals surface area contributed by atoms with Gasteiger partial charge in [-0.15, -0.1) is 0 Å². The summed E-state index contributed by atoms with van der Waals surface area (Å²) in [6.07, 6.45) is 0. The van der Waals surface area contributed by atoms with Gasteiger partial charge in [-0.3, -0.25) is 0 Å². The summed E-state index contributed by atoms with van der Waals surface area (Å²) in [4.78, 5) is 16.7. The Kier molecular flexibility index (Phi) is 5.12. The van der Waals surface area contributed by atoms with Crippen molar-refractivity contribution in [2.45, 2.75) is 19.9 Å². The van der Waals surface area contributed by atoms with Gasteiger partial charge in [0.25, 0.3) is 0 Å². The molecule has 1 heterocycles. The topological polar surface area (TPSA) is 55.8 Å². The normalized spacial score (nSPS) is 15.8. The molecule has 2 aromatic rings. The molecule has 0 aromatic heterocycles. The Morgan fingerprint density at radius 2 is 1.80 bits per heavy atom. The summed E-state index contributed by atoms with van der Waals surface area (Å²) in [5.41, 5.74) is 3.36. The predicted molar refractivity (Wildman–Crippen MR) is 100 cm³/mol. The monoisotopic (exact) mass is 339 g/mol. The smallest absolute Gasteiger partial charge is 0.317 e. The third-order valence-electron chi connectivity index (χ3n) is 4.64. The molecule has 1 aliphatic heterocycles. The molecule has 1 aliphatic rings. The van der Waals surface area contributed by atoms with Crippen LogP contribution in [0.25, 0.3) is 0 Å². The van der Waals surface area contributed by atoms with Crippen molar-refractivity contribution in [2.75, 3.05) is 31.1 Å². The van der Waals surface area contributed by atoms with Crippen LogP contribution in [0.1, 0.15) is 24.1 Å². The summed E-state index contributed by atoms with van der Waals surface area (Å²) in [5.74, 6) is 0.213. The Balaban J connectivity index is 1.54. The molecule has 1 saturated heterocycles. The molecule has 2 N–H and O–H groups in total. The number of hydrogen-bond donors (Lipinski definition) is 2. The Morgan fingerprint density at radius 1 is 1.08 bits per heavy atom. The number of phenols is 1. The zero-order chi connectivity index (χ0) is 17.8. The van der Waals surface area contributed by atoms with Gasteiger partial charge in [0.2, 0.25) is 0 Å². The van der Waals surface area contributed by atoms with Crippen LogP contribution in [0, 0.1) is 6.92 Å². The van der Waals surface area contributed by atoms with Crippen molar-refractivity contribution in [1.29, 1.82) is 0 Å². The molecule has 132 valence electrons. The van der Waals surface area contributed by atoms with Crippen molar-refractivity contribution in [3.8, 4) is 5.75 Å². The standard InChI is InChI=1S/C20H25N3O2/c1-15-5-3-7-18(13-15)22-9-11-23(12-10-22)20(25)21-16(2)17-6-4-8-19(24)14-17/h3-8,13-14,16,24H,9-12H2,1-2H3,(H,21,25)/t16-/m1/s1. The summed E-state index contributed by atoms with van der Waals surface area (Å²) in [6.45, 7) is 7.08. The van der Waals surface area contributed by atoms with Crippen LogP contribution < -0.4 is 10.2 Å². The zero-order valence-electron chi connectivity index (χ0n) is 14.8. The average Bonchev–Trinajstić information content (AvgIpc) is 2.62. The number of benzene rings is 2. The SMILES string of the molecule is Cc1cccc(N2CCN(C(=O)N[C@H](C)c3cccc(O)c3)CC2)c1. The van der Waals surface area contributed by atoms with E-state index in [0.717, 1.165) is 18.7 Å². The minimum Gasteiger partial charge on any atom is -0.508 e. The van der Waals surface area contributed by atoms with E-state index in [4.69, 9.17) is 0 Å². The Morgan fingerprint density at radius 3 is 2.48 bits per heavy atom. The summed E-state index contributed by atoms with van der Waals surface area (Å²) >= 11 is 0. The van der Waals surface area contributed by atoms with E-state index in [0.29, 0.717) is 13.1 Å². The van der Waals surface area contributed by atoms with Gasteiger partial charge in [-0.25, -0.2) is 4.79 Å². The second-order valence-electron chi connectivity index (χ2n) is 6.58. The van der Waals surface area contributed by atoms with Crippen molar-refractivity contribution in [2.24, 2.45) is 0 Å². The van der Waals surface area contributed by atoms with Gasteiger partial charge in [0, 0.05) is 31.9 Å². The number of aromatic hydroxyl groups is 1. The molecular formula is C20H25N3O2. The fourth-order valence-corrected chi connectivity index (χ4v) is 3.15. The van der Waals surface area contributed by atoms with Crippen LogP contribution in [-0.4, -0.2) is 42.2 Å². The molecular weight excluding hydrogens is 314 g/mol. The molecule has 0 bridgehead atoms. The van der Waals surface area contributed by atoms with E-state index in [1.807, 2.05) is 17.9 Å². The van der Waals surface area contributed by atoms with Crippen molar-refractivity contribution in [3.05, 3.63) is 59.7 Å². The first-order valence-electron chi connectivity index (χ1n) is 8.69. The number of anilines is 1. The van der Waals surface area contributed by atoms with E-state index < -0.39 is 0 Å². The number of rotatable bonds is 3. The van der Waals surface area contributed by atoms with Crippen molar-refractivity contribution in [3.63, 3.8) is 0 Å². The third kappa shape index (κ3) is 4.24. The molecule has 2 aromatic carbocycles. The molecule has 0 radical (unpaired) electrons. The molecule has 1 fully saturated rings. The van der Waals surface area contributed by atoms with Gasteiger partial charge in [0.1, 0.15) is 5.75 Å². The number of nitrogens with one attached hydrogen (secondary N) is 1. The van der Waals surface area contributed by atoms with Crippen LogP contribution in [0.3, 0.4) is 0 Å². The summed E-state index contributed by atoms with van der Waals surface area (Å²) < 4.78 is 0. The molecule has 3 rings (SSSR count). The number of piperazine rings is 1. The number of nitrogens with zero attached hydrogens (tertiary/aromatic N) is 2. The Labute approximate surface area is 148 Å². The second kappa shape index (κ2) is 7.47. The van der Waals surface area contributed by atoms with Crippen LogP contribution in [0.4, 0.5) is 10.5 Å². The van der Waals surface area contributed by atoms with Crippen LogP contribution in [-0.2, 0) is 0 Å². The van der Waals surface area contributed by atoms with Crippen molar-refractivity contribution < 1.29 is 9.90 Å². The predicted octanol–water partition coefficient (Wildman–Crippen LogP) is 3.29. The molecule has 0 saturated carbocycles. The van der Waals surface area contributed by atoms with E-state index >= 15 is 0 Å². The van der Waals surface area contributed by atoms with Crippen LogP contribution in [0.5, 0.6) is 5.75 Å². The molecule has 0 spiro atoms. The number of aryl methyl sites for hydroxylation is 1. The quantitative estimate of drug-likeness (QED) is 0.902. The number of phenolic OH excluding ortho intramolecular Hbond substituents is 1. The number of carbonyl (C=O) groups is 1. The lowest BCUT2D eigenvalue weighted by atomic mass is 10.1. The Bertz CT molecular complexity index is 739. The highest BCUT2D eigenvalue weighted by molar-refractivity contribution is 5.75. The van der Waals surface area contributed by atoms with E-state index in [1.165, 1.54) is 11.3 Å². The van der Waals surface area contributed by atoms with Gasteiger partial charge in [-0.1, -0.05) is 24.3 Å². The van der Waals surface area contributed by atoms with E-state index in [9.17, 15) is 9.90 Å². The minimum absolute atomic E-state index is 0.0558. The van der Waals surface area contributed by atoms with Gasteiger partial charge in [-0.05, 0) is 49.2 Å². The number of hydrogen-bond acceptors (Lipinski definition) is 3. The van der Waals surface area contributed by atoms with E-state index in [2.05, 4.69) is 41.4 Å². The van der Waals surface area contributed by atoms with Gasteiger partial charge >= 0.3 is 6.03 Å². The maximum Gasteiger partial charge on any atom is 0.317 e. The fourth-order valence-electron chi connectivity index (χ4n) is 3.15. The van der Waals surface area contributed by atoms with Crippen LogP contribution in [0.2, 0.25) is 0 Å². The van der Waals surface area contributed by atoms with Gasteiger partial charge < -0.3 is 20.2 Å². The van der Waals surface area contributed by atoms with Gasteiger partial charge in [-0.2, -0.15) is 0 Å². The van der Waals surface area contributed by atoms with Gasteiger partial charge in [0.05, 0.1) is 6.04 Å². The molecule has 2 amide bonds. The van der Waals surface area contributed by atoms with E-state index in [1.54, 1.807) is 18.2 Å². The lowest BCUT2D eigenvalue weighted by Crippen LogP contribution is -2.52. The van der Waals surface area contributed by atoms with E-state index in [-0.39, 0.29) is 17.8 Å². The van der Waals surface area contributed by atoms with Crippen molar-refractivity contribution >= 4 is 11.7 Å². The summed E-state index contributed by atoms with van der Waals surface area (Å²) in [5, 5.41) is 12.6. The van der Waals surface area contributed by atoms with Gasteiger partial charge in [0.15, 0.2) is 0 Å². The summed E-state index contributed by atoms with van der Waals surface area (Å²) in [6, 6.07) is 15.3. The largest absolute Gasteiger partial charge is 0.508 e. The third-order valence-corrected chi connectivity index (χ3v) is 4.64.